The molecule has 3 rings (SSSR count). The van der Waals surface area contributed by atoms with Gasteiger partial charge in [0, 0.05) is 18.2 Å². The highest BCUT2D eigenvalue weighted by Crippen LogP contribution is 2.15. The van der Waals surface area contributed by atoms with E-state index in [9.17, 15) is 14.0 Å². The fourth-order valence-electron chi connectivity index (χ4n) is 2.48. The Hall–Kier alpha value is -3.48. The van der Waals surface area contributed by atoms with Crippen LogP contribution in [0.1, 0.15) is 5.56 Å². The zero-order valence-electron chi connectivity index (χ0n) is 14.7. The molecule has 0 radical (unpaired) electrons. The van der Waals surface area contributed by atoms with E-state index >= 15 is 0 Å². The van der Waals surface area contributed by atoms with Crippen LogP contribution < -0.4 is 15.6 Å². The average Bonchev–Trinajstić information content (AvgIpc) is 2.69. The Morgan fingerprint density at radius 1 is 1.15 bits per heavy atom. The number of nitrogens with zero attached hydrogens (tertiary/aromatic N) is 2. The summed E-state index contributed by atoms with van der Waals surface area (Å²) in [5, 5.41) is 2.76. The molecule has 7 heteroatoms. The number of halogens is 1. The number of nitrogens with one attached hydrogen (secondary N) is 1. The summed E-state index contributed by atoms with van der Waals surface area (Å²) >= 11 is 0. The number of rotatable bonds is 6. The second-order valence-corrected chi connectivity index (χ2v) is 5.87. The van der Waals surface area contributed by atoms with E-state index in [0.29, 0.717) is 17.8 Å². The van der Waals surface area contributed by atoms with Crippen LogP contribution in [0.3, 0.4) is 0 Å². The SMILES string of the molecule is COc1ccc(CNC(=O)Cn2cnc(-c3ccc(F)cc3)cc2=O)cc1. The standard InChI is InChI=1S/C20H18FN3O3/c1-27-17-8-2-14(3-9-17)11-22-19(25)12-24-13-23-18(10-20(24)26)15-4-6-16(21)7-5-15/h2-10,13H,11-12H2,1H3,(H,22,25). The molecule has 0 aliphatic heterocycles. The van der Waals surface area contributed by atoms with E-state index in [1.807, 2.05) is 24.3 Å². The summed E-state index contributed by atoms with van der Waals surface area (Å²) in [6.07, 6.45) is 1.31. The molecule has 0 bridgehead atoms. The Labute approximate surface area is 155 Å². The molecule has 0 fully saturated rings. The number of hydrogen-bond acceptors (Lipinski definition) is 4. The molecule has 0 spiro atoms. The molecule has 3 aromatic rings. The first kappa shape index (κ1) is 18.3. The summed E-state index contributed by atoms with van der Waals surface area (Å²) in [6, 6.07) is 14.3. The first-order chi connectivity index (χ1) is 13.0. The molecule has 0 saturated carbocycles. The van der Waals surface area contributed by atoms with Gasteiger partial charge in [-0.25, -0.2) is 9.37 Å². The Kier molecular flexibility index (Phi) is 5.61. The molecule has 1 amide bonds. The second kappa shape index (κ2) is 8.27. The number of amides is 1. The van der Waals surface area contributed by atoms with Gasteiger partial charge in [-0.2, -0.15) is 0 Å². The van der Waals surface area contributed by atoms with E-state index in [1.165, 1.54) is 29.1 Å². The van der Waals surface area contributed by atoms with Gasteiger partial charge in [-0.1, -0.05) is 12.1 Å². The molecule has 6 nitrogen and oxygen atoms in total. The monoisotopic (exact) mass is 367 g/mol. The molecule has 0 unspecified atom stereocenters. The van der Waals surface area contributed by atoms with Crippen LogP contribution in [-0.4, -0.2) is 22.6 Å². The fraction of sp³-hybridized carbons (Fsp3) is 0.150. The summed E-state index contributed by atoms with van der Waals surface area (Å²) < 4.78 is 19.3. The fourth-order valence-corrected chi connectivity index (χ4v) is 2.48. The van der Waals surface area contributed by atoms with Gasteiger partial charge in [0.05, 0.1) is 19.1 Å². The maximum absolute atomic E-state index is 13.0. The third-order valence-corrected chi connectivity index (χ3v) is 3.98. The highest BCUT2D eigenvalue weighted by Gasteiger charge is 2.07. The Balaban J connectivity index is 1.62. The molecule has 27 heavy (non-hydrogen) atoms. The molecule has 0 aliphatic rings. The summed E-state index contributed by atoms with van der Waals surface area (Å²) in [5.74, 6) is 0.0776. The Morgan fingerprint density at radius 2 is 1.85 bits per heavy atom. The minimum atomic E-state index is -0.361. The van der Waals surface area contributed by atoms with Gasteiger partial charge in [0.2, 0.25) is 5.91 Å². The van der Waals surface area contributed by atoms with E-state index in [1.54, 1.807) is 19.2 Å². The molecule has 0 aliphatic carbocycles. The lowest BCUT2D eigenvalue weighted by atomic mass is 10.1. The number of methoxy groups -OCH3 is 1. The minimum absolute atomic E-state index is 0.133. The van der Waals surface area contributed by atoms with Crippen molar-refractivity contribution in [2.24, 2.45) is 0 Å². The van der Waals surface area contributed by atoms with Crippen LogP contribution in [0.2, 0.25) is 0 Å². The van der Waals surface area contributed by atoms with Gasteiger partial charge in [0.15, 0.2) is 0 Å². The topological polar surface area (TPSA) is 73.2 Å². The van der Waals surface area contributed by atoms with Crippen molar-refractivity contribution in [2.45, 2.75) is 13.1 Å². The van der Waals surface area contributed by atoms with Crippen LogP contribution in [0.4, 0.5) is 4.39 Å². The molecule has 0 atom stereocenters. The summed E-state index contributed by atoms with van der Waals surface area (Å²) in [5.41, 5.74) is 1.62. The number of aromatic nitrogens is 2. The molecule has 1 N–H and O–H groups in total. The van der Waals surface area contributed by atoms with Gasteiger partial charge in [0.25, 0.3) is 5.56 Å². The lowest BCUT2D eigenvalue weighted by Crippen LogP contribution is -2.31. The van der Waals surface area contributed by atoms with Crippen molar-refractivity contribution in [1.29, 1.82) is 0 Å². The van der Waals surface area contributed by atoms with E-state index in [0.717, 1.165) is 11.3 Å². The van der Waals surface area contributed by atoms with Crippen molar-refractivity contribution in [3.05, 3.63) is 82.7 Å². The van der Waals surface area contributed by atoms with Crippen molar-refractivity contribution in [3.8, 4) is 17.0 Å². The van der Waals surface area contributed by atoms with E-state index < -0.39 is 0 Å². The number of benzene rings is 2. The molecular weight excluding hydrogens is 349 g/mol. The quantitative estimate of drug-likeness (QED) is 0.726. The number of hydrogen-bond donors (Lipinski definition) is 1. The van der Waals surface area contributed by atoms with Gasteiger partial charge in [-0.15, -0.1) is 0 Å². The second-order valence-electron chi connectivity index (χ2n) is 5.87. The van der Waals surface area contributed by atoms with Crippen LogP contribution in [0.5, 0.6) is 5.75 Å². The predicted octanol–water partition coefficient (Wildman–Crippen LogP) is 2.37. The van der Waals surface area contributed by atoms with Crippen molar-refractivity contribution < 1.29 is 13.9 Å². The number of carbonyl (C=O) groups excluding carboxylic acids is 1. The molecular formula is C20H18FN3O3. The smallest absolute Gasteiger partial charge is 0.254 e. The first-order valence-electron chi connectivity index (χ1n) is 8.27. The highest BCUT2D eigenvalue weighted by molar-refractivity contribution is 5.75. The van der Waals surface area contributed by atoms with Crippen molar-refractivity contribution >= 4 is 5.91 Å². The summed E-state index contributed by atoms with van der Waals surface area (Å²) in [6.45, 7) is 0.213. The molecule has 138 valence electrons. The summed E-state index contributed by atoms with van der Waals surface area (Å²) in [7, 11) is 1.59. The largest absolute Gasteiger partial charge is 0.497 e. The highest BCUT2D eigenvalue weighted by atomic mass is 19.1. The van der Waals surface area contributed by atoms with Gasteiger partial charge in [0.1, 0.15) is 18.1 Å². The van der Waals surface area contributed by atoms with Crippen molar-refractivity contribution in [1.82, 2.24) is 14.9 Å². The Morgan fingerprint density at radius 3 is 2.48 bits per heavy atom. The van der Waals surface area contributed by atoms with Crippen LogP contribution >= 0.6 is 0 Å². The normalized spacial score (nSPS) is 10.4. The average molecular weight is 367 g/mol. The lowest BCUT2D eigenvalue weighted by Gasteiger charge is -2.08. The number of ether oxygens (including phenoxy) is 1. The van der Waals surface area contributed by atoms with Crippen LogP contribution in [-0.2, 0) is 17.9 Å². The maximum Gasteiger partial charge on any atom is 0.254 e. The third-order valence-electron chi connectivity index (χ3n) is 3.98. The first-order valence-corrected chi connectivity index (χ1v) is 8.27. The van der Waals surface area contributed by atoms with E-state index in [-0.39, 0.29) is 23.8 Å². The zero-order chi connectivity index (χ0) is 19.2. The van der Waals surface area contributed by atoms with Crippen LogP contribution in [0.25, 0.3) is 11.3 Å². The number of carbonyl (C=O) groups is 1. The van der Waals surface area contributed by atoms with Gasteiger partial charge in [-0.3, -0.25) is 14.2 Å². The van der Waals surface area contributed by atoms with Crippen LogP contribution in [0, 0.1) is 5.82 Å². The molecule has 1 aromatic heterocycles. The minimum Gasteiger partial charge on any atom is -0.497 e. The maximum atomic E-state index is 13.0. The zero-order valence-corrected chi connectivity index (χ0v) is 14.7. The predicted molar refractivity (Wildman–Crippen MR) is 98.7 cm³/mol. The molecule has 0 saturated heterocycles. The Bertz CT molecular complexity index is 983. The summed E-state index contributed by atoms with van der Waals surface area (Å²) in [4.78, 5) is 28.5. The van der Waals surface area contributed by atoms with Crippen molar-refractivity contribution in [2.75, 3.05) is 7.11 Å². The molecule has 1 heterocycles. The van der Waals surface area contributed by atoms with Gasteiger partial charge < -0.3 is 10.1 Å². The van der Waals surface area contributed by atoms with Crippen LogP contribution in [0.15, 0.2) is 65.7 Å². The van der Waals surface area contributed by atoms with E-state index in [4.69, 9.17) is 4.74 Å². The van der Waals surface area contributed by atoms with E-state index in [2.05, 4.69) is 10.3 Å². The van der Waals surface area contributed by atoms with Gasteiger partial charge >= 0.3 is 0 Å². The third kappa shape index (κ3) is 4.78. The lowest BCUT2D eigenvalue weighted by molar-refractivity contribution is -0.121. The van der Waals surface area contributed by atoms with Crippen molar-refractivity contribution in [3.63, 3.8) is 0 Å². The van der Waals surface area contributed by atoms with Gasteiger partial charge in [-0.05, 0) is 42.0 Å². The molecule has 2 aromatic carbocycles.